The average molecular weight is 994 g/mol. The normalized spacial score (nSPS) is 21.0. The van der Waals surface area contributed by atoms with E-state index < -0.39 is 96.6 Å². The molecule has 0 saturated carbocycles. The summed E-state index contributed by atoms with van der Waals surface area (Å²) in [5.41, 5.74) is 4.21. The van der Waals surface area contributed by atoms with E-state index in [0.717, 1.165) is 48.2 Å². The number of aromatic nitrogens is 4. The Morgan fingerprint density at radius 1 is 0.984 bits per heavy atom. The quantitative estimate of drug-likeness (QED) is 0.0298. The maximum atomic E-state index is 12.7. The standard InChI is InChI=1S/C33H54N7O20P3S/c1-33(2,28(47)31(48)36-12-11-22(42)35-13-14-64-24(45)15-20(41)9-7-5-3-4-6-8-10-23(43)44)17-57-63(54,55)60-62(52,53)56-16-21-27(59-61(49,50)51)26(46)32(58-21)40-19-39-25-29(34)37-18-38-30(25)40/h7,9,18-21,26-28,32,41,46-47H,3-6,8,10-17H2,1-2H3,(H,35,42)(H,36,48)(H,43,44)(H,52,53)(H,54,55)(H2,34,37,38)(H2,49,50,51)/b9-7+. The van der Waals surface area contributed by atoms with Crippen LogP contribution in [0.1, 0.15) is 71.4 Å². The molecule has 8 unspecified atom stereocenters. The number of phosphoric acid groups is 3. The maximum Gasteiger partial charge on any atom is 0.481 e. The first-order valence-corrected chi connectivity index (χ1v) is 24.9. The van der Waals surface area contributed by atoms with Gasteiger partial charge in [0.2, 0.25) is 11.8 Å². The number of nitrogen functional groups attached to an aromatic ring is 1. The molecule has 1 fully saturated rings. The molecule has 2 aromatic heterocycles. The number of carboxylic acid groups (broad SMARTS) is 1. The van der Waals surface area contributed by atoms with Gasteiger partial charge < -0.3 is 61.1 Å². The summed E-state index contributed by atoms with van der Waals surface area (Å²) in [5.74, 6) is -2.19. The molecule has 64 heavy (non-hydrogen) atoms. The Bertz CT molecular complexity index is 2070. The molecule has 0 radical (unpaired) electrons. The van der Waals surface area contributed by atoms with E-state index in [2.05, 4.69) is 34.4 Å². The fourth-order valence-electron chi connectivity index (χ4n) is 5.74. The molecule has 2 aromatic rings. The predicted molar refractivity (Wildman–Crippen MR) is 222 cm³/mol. The Hall–Kier alpha value is -3.27. The molecule has 0 aliphatic carbocycles. The molecule has 2 amide bonds. The van der Waals surface area contributed by atoms with Gasteiger partial charge in [-0.2, -0.15) is 4.31 Å². The van der Waals surface area contributed by atoms with Crippen LogP contribution in [-0.4, -0.2) is 145 Å². The first-order chi connectivity index (χ1) is 29.8. The van der Waals surface area contributed by atoms with Crippen LogP contribution in [0.25, 0.3) is 11.2 Å². The second kappa shape index (κ2) is 25.0. The summed E-state index contributed by atoms with van der Waals surface area (Å²) in [6.45, 7) is 0.243. The van der Waals surface area contributed by atoms with Crippen LogP contribution in [0, 0.1) is 5.41 Å². The highest BCUT2D eigenvalue weighted by Crippen LogP contribution is 2.61. The second-order valence-electron chi connectivity index (χ2n) is 14.8. The van der Waals surface area contributed by atoms with Crippen molar-refractivity contribution in [1.82, 2.24) is 30.2 Å². The average Bonchev–Trinajstić information content (AvgIpc) is 3.75. The molecule has 31 heteroatoms. The van der Waals surface area contributed by atoms with Gasteiger partial charge in [0.15, 0.2) is 22.8 Å². The third-order valence-corrected chi connectivity index (χ3v) is 13.0. The lowest BCUT2D eigenvalue weighted by molar-refractivity contribution is -0.137. The summed E-state index contributed by atoms with van der Waals surface area (Å²) >= 11 is 0.912. The van der Waals surface area contributed by atoms with E-state index in [4.69, 9.17) is 24.6 Å². The molecule has 27 nitrogen and oxygen atoms in total. The Kier molecular flexibility index (Phi) is 21.5. The number of aliphatic hydroxyl groups is 3. The van der Waals surface area contributed by atoms with E-state index >= 15 is 0 Å². The number of rotatable bonds is 29. The van der Waals surface area contributed by atoms with Crippen molar-refractivity contribution in [2.45, 2.75) is 102 Å². The molecule has 8 atom stereocenters. The van der Waals surface area contributed by atoms with Crippen molar-refractivity contribution >= 4 is 75.1 Å². The second-order valence-corrected chi connectivity index (χ2v) is 20.2. The Morgan fingerprint density at radius 3 is 2.36 bits per heavy atom. The number of aliphatic hydroxyl groups excluding tert-OH is 3. The minimum absolute atomic E-state index is 0.0190. The Balaban J connectivity index is 1.38. The fourth-order valence-corrected chi connectivity index (χ4v) is 9.29. The number of phosphoric ester groups is 3. The van der Waals surface area contributed by atoms with E-state index in [-0.39, 0.29) is 60.2 Å². The van der Waals surface area contributed by atoms with Crippen LogP contribution in [0.15, 0.2) is 24.8 Å². The zero-order chi connectivity index (χ0) is 47.9. The van der Waals surface area contributed by atoms with E-state index in [0.29, 0.717) is 12.8 Å². The summed E-state index contributed by atoms with van der Waals surface area (Å²) in [6.07, 6.45) is -1.01. The van der Waals surface area contributed by atoms with Gasteiger partial charge in [0.1, 0.15) is 36.3 Å². The van der Waals surface area contributed by atoms with E-state index in [1.807, 2.05) is 0 Å². The van der Waals surface area contributed by atoms with Crippen molar-refractivity contribution in [1.29, 1.82) is 0 Å². The zero-order valence-electron chi connectivity index (χ0n) is 34.6. The van der Waals surface area contributed by atoms with Gasteiger partial charge in [-0.05, 0) is 19.3 Å². The lowest BCUT2D eigenvalue weighted by Gasteiger charge is -2.30. The molecule has 1 aliphatic rings. The number of anilines is 1. The number of thioether (sulfide) groups is 1. The van der Waals surface area contributed by atoms with Crippen molar-refractivity contribution < 1.29 is 95.5 Å². The molecule has 0 spiro atoms. The molecule has 3 heterocycles. The van der Waals surface area contributed by atoms with Crippen molar-refractivity contribution in [3.63, 3.8) is 0 Å². The highest BCUT2D eigenvalue weighted by atomic mass is 32.2. The summed E-state index contributed by atoms with van der Waals surface area (Å²) in [4.78, 5) is 98.5. The van der Waals surface area contributed by atoms with Gasteiger partial charge in [-0.15, -0.1) is 0 Å². The number of aliphatic carboxylic acids is 1. The van der Waals surface area contributed by atoms with Crippen LogP contribution in [0.5, 0.6) is 0 Å². The molecule has 0 bridgehead atoms. The number of amides is 2. The molecular weight excluding hydrogens is 939 g/mol. The molecular formula is C33H54N7O20P3S. The van der Waals surface area contributed by atoms with Crippen LogP contribution < -0.4 is 16.4 Å². The molecule has 0 aromatic carbocycles. The molecule has 1 saturated heterocycles. The van der Waals surface area contributed by atoms with Crippen molar-refractivity contribution in [3.8, 4) is 0 Å². The number of allylic oxidation sites excluding steroid dienone is 1. The number of imidazole rings is 1. The van der Waals surface area contributed by atoms with Gasteiger partial charge in [0.25, 0.3) is 0 Å². The largest absolute Gasteiger partial charge is 0.481 e. The van der Waals surface area contributed by atoms with Crippen LogP contribution in [0.3, 0.4) is 0 Å². The van der Waals surface area contributed by atoms with Gasteiger partial charge >= 0.3 is 29.4 Å². The zero-order valence-corrected chi connectivity index (χ0v) is 38.1. The molecule has 12 N–H and O–H groups in total. The summed E-state index contributed by atoms with van der Waals surface area (Å²) in [7, 11) is -16.5. The van der Waals surface area contributed by atoms with Gasteiger partial charge in [0.05, 0.1) is 25.6 Å². The highest BCUT2D eigenvalue weighted by Gasteiger charge is 2.50. The lowest BCUT2D eigenvalue weighted by Crippen LogP contribution is -2.46. The predicted octanol–water partition coefficient (Wildman–Crippen LogP) is 0.397. The third kappa shape index (κ3) is 18.9. The lowest BCUT2D eigenvalue weighted by atomic mass is 9.87. The number of hydrogen-bond acceptors (Lipinski definition) is 20. The number of nitrogens with one attached hydrogen (secondary N) is 2. The van der Waals surface area contributed by atoms with Crippen LogP contribution in [0.2, 0.25) is 0 Å². The molecule has 1 aliphatic heterocycles. The van der Waals surface area contributed by atoms with Crippen LogP contribution in [0.4, 0.5) is 5.82 Å². The van der Waals surface area contributed by atoms with Gasteiger partial charge in [0, 0.05) is 43.5 Å². The summed E-state index contributed by atoms with van der Waals surface area (Å²) in [5, 5.41) is 44.7. The van der Waals surface area contributed by atoms with Crippen LogP contribution in [-0.2, 0) is 55.5 Å². The monoisotopic (exact) mass is 993 g/mol. The first kappa shape index (κ1) is 55.1. The minimum atomic E-state index is -5.60. The number of ether oxygens (including phenoxy) is 1. The molecule has 3 rings (SSSR count). The number of unbranched alkanes of at least 4 members (excludes halogenated alkanes) is 4. The number of hydrogen-bond donors (Lipinski definition) is 11. The first-order valence-electron chi connectivity index (χ1n) is 19.4. The van der Waals surface area contributed by atoms with Gasteiger partial charge in [-0.1, -0.05) is 50.6 Å². The topological polar surface area (TPSA) is 421 Å². The maximum absolute atomic E-state index is 12.7. The third-order valence-electron chi connectivity index (χ3n) is 9.01. The van der Waals surface area contributed by atoms with Crippen molar-refractivity contribution in [3.05, 3.63) is 24.8 Å². The number of fused-ring (bicyclic) bond motifs is 1. The number of nitrogens with zero attached hydrogens (tertiary/aromatic N) is 4. The molecule has 362 valence electrons. The minimum Gasteiger partial charge on any atom is -0.481 e. The number of carbonyl (C=O) groups excluding carboxylic acids is 3. The van der Waals surface area contributed by atoms with Crippen LogP contribution >= 0.6 is 35.2 Å². The van der Waals surface area contributed by atoms with E-state index in [1.165, 1.54) is 19.9 Å². The van der Waals surface area contributed by atoms with Crippen molar-refractivity contribution in [2.24, 2.45) is 5.41 Å². The number of carbonyl (C=O) groups is 4. The highest BCUT2D eigenvalue weighted by molar-refractivity contribution is 8.13. The Morgan fingerprint density at radius 2 is 1.67 bits per heavy atom. The fraction of sp³-hybridized carbons (Fsp3) is 0.667. The smallest absolute Gasteiger partial charge is 0.481 e. The summed E-state index contributed by atoms with van der Waals surface area (Å²) < 4.78 is 62.2. The summed E-state index contributed by atoms with van der Waals surface area (Å²) in [6, 6.07) is 0. The number of carboxylic acids is 1. The number of nitrogens with two attached hydrogens (primary N) is 1. The van der Waals surface area contributed by atoms with Crippen molar-refractivity contribution in [2.75, 3.05) is 37.8 Å². The van der Waals surface area contributed by atoms with E-state index in [1.54, 1.807) is 6.08 Å². The van der Waals surface area contributed by atoms with E-state index in [9.17, 15) is 67.8 Å². The van der Waals surface area contributed by atoms with Gasteiger partial charge in [-0.25, -0.2) is 28.6 Å². The van der Waals surface area contributed by atoms with Gasteiger partial charge in [-0.3, -0.25) is 37.3 Å². The SMILES string of the molecule is CC(C)(COP(=O)(O)OP(=O)(O)OCC1OC(n2cnc3c(N)ncnc32)C(O)C1OP(=O)(O)O)C(O)C(=O)NCCC(=O)NCCSC(=O)CC(O)/C=C/CCCCCCC(=O)O. The Labute approximate surface area is 369 Å².